The Labute approximate surface area is 118 Å². The molecule has 0 atom stereocenters. The molecule has 2 rings (SSSR count). The molecule has 0 aliphatic carbocycles. The first-order valence-corrected chi connectivity index (χ1v) is 5.81. The van der Waals surface area contributed by atoms with Gasteiger partial charge >= 0.3 is 5.97 Å². The first-order chi connectivity index (χ1) is 9.47. The molecule has 0 unspecified atom stereocenters. The number of halogens is 2. The van der Waals surface area contributed by atoms with E-state index in [-0.39, 0.29) is 22.0 Å². The average molecular weight is 295 g/mol. The number of nitrogens with zero attached hydrogens (tertiary/aromatic N) is 1. The second kappa shape index (κ2) is 5.66. The molecule has 0 saturated carbocycles. The van der Waals surface area contributed by atoms with Crippen LogP contribution in [0.5, 0.6) is 0 Å². The highest BCUT2D eigenvalue weighted by Crippen LogP contribution is 2.17. The lowest BCUT2D eigenvalue weighted by atomic mass is 10.2. The van der Waals surface area contributed by atoms with Crippen molar-refractivity contribution in [3.63, 3.8) is 0 Å². The summed E-state index contributed by atoms with van der Waals surface area (Å²) in [5, 5.41) is 11.0. The van der Waals surface area contributed by atoms with Crippen molar-refractivity contribution in [2.24, 2.45) is 0 Å². The van der Waals surface area contributed by atoms with Crippen molar-refractivity contribution < 1.29 is 19.1 Å². The number of rotatable bonds is 3. The molecule has 1 aromatic carbocycles. The molecule has 7 heteroatoms. The summed E-state index contributed by atoms with van der Waals surface area (Å²) >= 11 is 5.58. The zero-order valence-corrected chi connectivity index (χ0v) is 10.7. The van der Waals surface area contributed by atoms with Crippen LogP contribution in [0.2, 0.25) is 5.02 Å². The summed E-state index contributed by atoms with van der Waals surface area (Å²) in [6.45, 7) is 0. The van der Waals surface area contributed by atoms with Crippen molar-refractivity contribution >= 4 is 29.3 Å². The molecule has 1 amide bonds. The molecule has 5 nitrogen and oxygen atoms in total. The fourth-order valence-corrected chi connectivity index (χ4v) is 1.60. The van der Waals surface area contributed by atoms with Crippen molar-refractivity contribution in [1.82, 2.24) is 4.98 Å². The number of carboxylic acids is 1. The molecule has 0 fully saturated rings. The third-order valence-electron chi connectivity index (χ3n) is 2.43. The molecule has 0 aliphatic rings. The van der Waals surface area contributed by atoms with Crippen LogP contribution < -0.4 is 5.32 Å². The second-order valence-electron chi connectivity index (χ2n) is 3.82. The van der Waals surface area contributed by atoms with Crippen LogP contribution in [0.1, 0.15) is 20.7 Å². The zero-order valence-electron chi connectivity index (χ0n) is 9.93. The first kappa shape index (κ1) is 14.0. The minimum atomic E-state index is -1.11. The van der Waals surface area contributed by atoms with Crippen molar-refractivity contribution in [1.29, 1.82) is 0 Å². The van der Waals surface area contributed by atoms with E-state index < -0.39 is 17.7 Å². The maximum absolute atomic E-state index is 13.0. The summed E-state index contributed by atoms with van der Waals surface area (Å²) in [7, 11) is 0. The van der Waals surface area contributed by atoms with E-state index in [2.05, 4.69) is 10.3 Å². The Balaban J connectivity index is 2.14. The molecule has 1 aromatic heterocycles. The van der Waals surface area contributed by atoms with Crippen molar-refractivity contribution in [2.45, 2.75) is 0 Å². The number of nitrogens with one attached hydrogen (secondary N) is 1. The Morgan fingerprint density at radius 1 is 1.20 bits per heavy atom. The topological polar surface area (TPSA) is 79.3 Å². The normalized spacial score (nSPS) is 10.1. The van der Waals surface area contributed by atoms with E-state index >= 15 is 0 Å². The Kier molecular flexibility index (Phi) is 3.95. The maximum Gasteiger partial charge on any atom is 0.337 e. The highest BCUT2D eigenvalue weighted by Gasteiger charge is 2.10. The molecular weight excluding hydrogens is 287 g/mol. The number of aromatic nitrogens is 1. The van der Waals surface area contributed by atoms with Gasteiger partial charge in [-0.15, -0.1) is 0 Å². The van der Waals surface area contributed by atoms with E-state index in [0.29, 0.717) is 0 Å². The number of amides is 1. The van der Waals surface area contributed by atoms with Gasteiger partial charge in [0.25, 0.3) is 5.91 Å². The number of pyridine rings is 1. The Bertz CT molecular complexity index is 674. The second-order valence-corrected chi connectivity index (χ2v) is 4.23. The van der Waals surface area contributed by atoms with Crippen LogP contribution in [0.15, 0.2) is 36.5 Å². The summed E-state index contributed by atoms with van der Waals surface area (Å²) in [6, 6.07) is 6.22. The summed E-state index contributed by atoms with van der Waals surface area (Å²) in [5.41, 5.74) is 0.174. The zero-order chi connectivity index (χ0) is 14.7. The standard InChI is InChI=1S/C13H8ClFN2O3/c14-9-5-7(1-3-10(9)15)12(18)17-11-4-2-8(6-16-11)13(19)20/h1-6H,(H,19,20)(H,16,17,18). The minimum Gasteiger partial charge on any atom is -0.478 e. The lowest BCUT2D eigenvalue weighted by Gasteiger charge is -2.05. The van der Waals surface area contributed by atoms with Gasteiger partial charge < -0.3 is 10.4 Å². The van der Waals surface area contributed by atoms with E-state index in [1.165, 1.54) is 24.3 Å². The number of hydrogen-bond donors (Lipinski definition) is 2. The monoisotopic (exact) mass is 294 g/mol. The fraction of sp³-hybridized carbons (Fsp3) is 0. The van der Waals surface area contributed by atoms with Gasteiger partial charge in [-0.05, 0) is 30.3 Å². The van der Waals surface area contributed by atoms with E-state index in [0.717, 1.165) is 12.3 Å². The molecule has 2 aromatic rings. The first-order valence-electron chi connectivity index (χ1n) is 5.43. The quantitative estimate of drug-likeness (QED) is 0.912. The van der Waals surface area contributed by atoms with Crippen LogP contribution in [0.25, 0.3) is 0 Å². The number of benzene rings is 1. The van der Waals surface area contributed by atoms with Gasteiger partial charge in [0.2, 0.25) is 0 Å². The van der Waals surface area contributed by atoms with E-state index in [4.69, 9.17) is 16.7 Å². The molecule has 0 bridgehead atoms. The Morgan fingerprint density at radius 2 is 1.90 bits per heavy atom. The van der Waals surface area contributed by atoms with Crippen LogP contribution in [0, 0.1) is 5.82 Å². The number of carbonyl (C=O) groups excluding carboxylic acids is 1. The van der Waals surface area contributed by atoms with Crippen molar-refractivity contribution in [3.05, 3.63) is 58.5 Å². The van der Waals surface area contributed by atoms with E-state index in [1.54, 1.807) is 0 Å². The molecule has 20 heavy (non-hydrogen) atoms. The Morgan fingerprint density at radius 3 is 2.45 bits per heavy atom. The molecule has 0 saturated heterocycles. The van der Waals surface area contributed by atoms with Gasteiger partial charge in [0.1, 0.15) is 11.6 Å². The van der Waals surface area contributed by atoms with Gasteiger partial charge in [0.05, 0.1) is 10.6 Å². The number of carbonyl (C=O) groups is 2. The third kappa shape index (κ3) is 3.10. The minimum absolute atomic E-state index is 0.00725. The molecular formula is C13H8ClFN2O3. The predicted molar refractivity (Wildman–Crippen MR) is 70.6 cm³/mol. The van der Waals surface area contributed by atoms with E-state index in [1.807, 2.05) is 0 Å². The van der Waals surface area contributed by atoms with Gasteiger partial charge in [0.15, 0.2) is 0 Å². The largest absolute Gasteiger partial charge is 0.478 e. The van der Waals surface area contributed by atoms with Gasteiger partial charge in [-0.2, -0.15) is 0 Å². The predicted octanol–water partition coefficient (Wildman–Crippen LogP) is 2.82. The summed E-state index contributed by atoms with van der Waals surface area (Å²) in [6.07, 6.45) is 1.12. The lowest BCUT2D eigenvalue weighted by Crippen LogP contribution is -2.13. The molecule has 1 heterocycles. The molecule has 0 aliphatic heterocycles. The smallest absolute Gasteiger partial charge is 0.337 e. The van der Waals surface area contributed by atoms with Gasteiger partial charge in [-0.25, -0.2) is 14.2 Å². The van der Waals surface area contributed by atoms with Crippen LogP contribution in [-0.4, -0.2) is 22.0 Å². The number of aromatic carboxylic acids is 1. The number of carboxylic acid groups (broad SMARTS) is 1. The van der Waals surface area contributed by atoms with Crippen LogP contribution in [0.3, 0.4) is 0 Å². The number of hydrogen-bond acceptors (Lipinski definition) is 3. The highest BCUT2D eigenvalue weighted by atomic mass is 35.5. The number of anilines is 1. The summed E-state index contributed by atoms with van der Waals surface area (Å²) in [5.74, 6) is -2.07. The lowest BCUT2D eigenvalue weighted by molar-refractivity contribution is 0.0696. The summed E-state index contributed by atoms with van der Waals surface area (Å²) in [4.78, 5) is 26.3. The third-order valence-corrected chi connectivity index (χ3v) is 2.72. The van der Waals surface area contributed by atoms with Gasteiger partial charge in [-0.1, -0.05) is 11.6 Å². The molecule has 0 radical (unpaired) electrons. The van der Waals surface area contributed by atoms with Gasteiger partial charge in [-0.3, -0.25) is 4.79 Å². The van der Waals surface area contributed by atoms with E-state index in [9.17, 15) is 14.0 Å². The van der Waals surface area contributed by atoms with Crippen LogP contribution >= 0.6 is 11.6 Å². The molecule has 0 spiro atoms. The average Bonchev–Trinajstić information content (AvgIpc) is 2.42. The highest BCUT2D eigenvalue weighted by molar-refractivity contribution is 6.31. The SMILES string of the molecule is O=C(O)c1ccc(NC(=O)c2ccc(F)c(Cl)c2)nc1. The Hall–Kier alpha value is -2.47. The van der Waals surface area contributed by atoms with Crippen molar-refractivity contribution in [3.8, 4) is 0 Å². The summed E-state index contributed by atoms with van der Waals surface area (Å²) < 4.78 is 13.0. The molecule has 2 N–H and O–H groups in total. The van der Waals surface area contributed by atoms with Crippen LogP contribution in [-0.2, 0) is 0 Å². The maximum atomic E-state index is 13.0. The molecule has 102 valence electrons. The van der Waals surface area contributed by atoms with Crippen LogP contribution in [0.4, 0.5) is 10.2 Å². The van der Waals surface area contributed by atoms with Crippen molar-refractivity contribution in [2.75, 3.05) is 5.32 Å². The van der Waals surface area contributed by atoms with Gasteiger partial charge in [0, 0.05) is 11.8 Å². The fourth-order valence-electron chi connectivity index (χ4n) is 1.42.